The van der Waals surface area contributed by atoms with Gasteiger partial charge in [-0.1, -0.05) is 20.3 Å². The van der Waals surface area contributed by atoms with Crippen LogP contribution in [0.25, 0.3) is 11.0 Å². The van der Waals surface area contributed by atoms with Crippen LogP contribution in [0.3, 0.4) is 0 Å². The number of ketones is 1. The van der Waals surface area contributed by atoms with Crippen LogP contribution in [-0.4, -0.2) is 24.5 Å². The second kappa shape index (κ2) is 9.53. The van der Waals surface area contributed by atoms with Gasteiger partial charge in [0.25, 0.3) is 0 Å². The zero-order valence-corrected chi connectivity index (χ0v) is 17.2. The number of carbonyl (C=O) groups excluding carboxylic acids is 2. The highest BCUT2D eigenvalue weighted by atomic mass is 16.6. The molecule has 6 heteroatoms. The van der Waals surface area contributed by atoms with Crippen LogP contribution in [0.1, 0.15) is 68.4 Å². The van der Waals surface area contributed by atoms with Crippen LogP contribution in [0.2, 0.25) is 0 Å². The summed E-state index contributed by atoms with van der Waals surface area (Å²) in [6.45, 7) is 9.05. The van der Waals surface area contributed by atoms with Crippen LogP contribution >= 0.6 is 0 Å². The lowest BCUT2D eigenvalue weighted by atomic mass is 9.98. The van der Waals surface area contributed by atoms with E-state index in [4.69, 9.17) is 13.9 Å². The van der Waals surface area contributed by atoms with Gasteiger partial charge in [0.2, 0.25) is 0 Å². The predicted molar refractivity (Wildman–Crippen MR) is 107 cm³/mol. The Morgan fingerprint density at radius 2 is 1.89 bits per heavy atom. The van der Waals surface area contributed by atoms with Crippen molar-refractivity contribution in [1.82, 2.24) is 0 Å². The first-order chi connectivity index (χ1) is 13.3. The number of rotatable bonds is 9. The van der Waals surface area contributed by atoms with Gasteiger partial charge in [-0.25, -0.2) is 9.59 Å². The summed E-state index contributed by atoms with van der Waals surface area (Å²) < 4.78 is 16.4. The number of carbonyl (C=O) groups is 2. The molecule has 0 unspecified atom stereocenters. The van der Waals surface area contributed by atoms with E-state index < -0.39 is 17.7 Å². The predicted octanol–water partition coefficient (Wildman–Crippen LogP) is 4.37. The minimum absolute atomic E-state index is 0.169. The fourth-order valence-electron chi connectivity index (χ4n) is 3.20. The van der Waals surface area contributed by atoms with Gasteiger partial charge in [0.1, 0.15) is 11.3 Å². The van der Waals surface area contributed by atoms with Gasteiger partial charge in [0.15, 0.2) is 17.5 Å². The first-order valence-electron chi connectivity index (χ1n) is 9.79. The zero-order chi connectivity index (χ0) is 20.8. The highest BCUT2D eigenvalue weighted by Crippen LogP contribution is 2.32. The van der Waals surface area contributed by atoms with Crippen LogP contribution in [0.5, 0.6) is 5.75 Å². The first-order valence-corrected chi connectivity index (χ1v) is 9.79. The molecule has 0 saturated heterocycles. The minimum Gasteiger partial charge on any atom is -0.478 e. The standard InChI is InChI=1S/C22H28O6/c1-6-9-10-16-13(4)15-11-12-18(27-17(7-2)22(25)26-8-3)19(14(5)23)20(15)28-21(16)24/h11-12,17H,6-10H2,1-5H3/t17-/m0/s1. The minimum atomic E-state index is -0.841. The molecular formula is C22H28O6. The van der Waals surface area contributed by atoms with Gasteiger partial charge in [-0.3, -0.25) is 4.79 Å². The Morgan fingerprint density at radius 3 is 2.46 bits per heavy atom. The van der Waals surface area contributed by atoms with Gasteiger partial charge in [0.05, 0.1) is 6.61 Å². The summed E-state index contributed by atoms with van der Waals surface area (Å²) in [5, 5.41) is 0.701. The SMILES string of the molecule is CCCCc1c(C)c2ccc(O[C@@H](CC)C(=O)OCC)c(C(C)=O)c2oc1=O. The highest BCUT2D eigenvalue weighted by molar-refractivity contribution is 6.08. The van der Waals surface area contributed by atoms with Crippen LogP contribution in [0.15, 0.2) is 21.3 Å². The molecule has 1 aromatic heterocycles. The molecule has 152 valence electrons. The molecule has 28 heavy (non-hydrogen) atoms. The average molecular weight is 388 g/mol. The van der Waals surface area contributed by atoms with E-state index in [-0.39, 0.29) is 29.3 Å². The van der Waals surface area contributed by atoms with Gasteiger partial charge in [0, 0.05) is 10.9 Å². The number of hydrogen-bond donors (Lipinski definition) is 0. The summed E-state index contributed by atoms with van der Waals surface area (Å²) in [5.74, 6) is -0.584. The van der Waals surface area contributed by atoms with E-state index in [0.717, 1.165) is 18.4 Å². The lowest BCUT2D eigenvalue weighted by Crippen LogP contribution is -2.29. The number of Topliss-reactive ketones (excluding diaryl/α,β-unsaturated/α-hetero) is 1. The number of unbranched alkanes of at least 4 members (excludes halogenated alkanes) is 1. The maximum absolute atomic E-state index is 12.5. The number of benzene rings is 1. The fraction of sp³-hybridized carbons (Fsp3) is 0.500. The van der Waals surface area contributed by atoms with Crippen molar-refractivity contribution in [2.24, 2.45) is 0 Å². The molecule has 1 aromatic carbocycles. The van der Waals surface area contributed by atoms with Gasteiger partial charge >= 0.3 is 11.6 Å². The van der Waals surface area contributed by atoms with Gasteiger partial charge in [-0.05, 0) is 57.7 Å². The molecular weight excluding hydrogens is 360 g/mol. The largest absolute Gasteiger partial charge is 0.478 e. The van der Waals surface area contributed by atoms with E-state index >= 15 is 0 Å². The van der Waals surface area contributed by atoms with Crippen molar-refractivity contribution in [2.45, 2.75) is 66.4 Å². The molecule has 0 spiro atoms. The first kappa shape index (κ1) is 21.7. The van der Waals surface area contributed by atoms with E-state index in [1.807, 2.05) is 6.92 Å². The third kappa shape index (κ3) is 4.43. The number of ether oxygens (including phenoxy) is 2. The van der Waals surface area contributed by atoms with Gasteiger partial charge in [-0.15, -0.1) is 0 Å². The molecule has 2 aromatic rings. The molecule has 0 bridgehead atoms. The Labute approximate surface area is 164 Å². The second-order valence-electron chi connectivity index (χ2n) is 6.73. The average Bonchev–Trinajstić information content (AvgIpc) is 2.65. The van der Waals surface area contributed by atoms with Crippen molar-refractivity contribution in [3.8, 4) is 5.75 Å². The summed E-state index contributed by atoms with van der Waals surface area (Å²) in [4.78, 5) is 37.0. The summed E-state index contributed by atoms with van der Waals surface area (Å²) in [5.41, 5.74) is 1.38. The molecule has 0 aliphatic heterocycles. The molecule has 0 fully saturated rings. The molecule has 1 atom stereocenters. The molecule has 0 amide bonds. The molecule has 1 heterocycles. The van der Waals surface area contributed by atoms with Crippen molar-refractivity contribution in [2.75, 3.05) is 6.61 Å². The van der Waals surface area contributed by atoms with E-state index in [1.165, 1.54) is 6.92 Å². The quantitative estimate of drug-likeness (QED) is 0.360. The van der Waals surface area contributed by atoms with Crippen molar-refractivity contribution < 1.29 is 23.5 Å². The molecule has 0 N–H and O–H groups in total. The number of aryl methyl sites for hydroxylation is 1. The fourth-order valence-corrected chi connectivity index (χ4v) is 3.20. The van der Waals surface area contributed by atoms with Gasteiger partial charge < -0.3 is 13.9 Å². The van der Waals surface area contributed by atoms with Crippen molar-refractivity contribution >= 4 is 22.7 Å². The molecule has 0 aliphatic carbocycles. The maximum atomic E-state index is 12.5. The normalized spacial score (nSPS) is 12.0. The Kier molecular flexibility index (Phi) is 7.38. The molecule has 2 rings (SSSR count). The summed E-state index contributed by atoms with van der Waals surface area (Å²) in [6.07, 6.45) is 2.03. The second-order valence-corrected chi connectivity index (χ2v) is 6.73. The number of fused-ring (bicyclic) bond motifs is 1. The van der Waals surface area contributed by atoms with Crippen molar-refractivity contribution in [3.63, 3.8) is 0 Å². The van der Waals surface area contributed by atoms with Crippen LogP contribution in [0, 0.1) is 6.92 Å². The maximum Gasteiger partial charge on any atom is 0.347 e. The molecule has 0 radical (unpaired) electrons. The van der Waals surface area contributed by atoms with Crippen LogP contribution < -0.4 is 10.4 Å². The Hall–Kier alpha value is -2.63. The van der Waals surface area contributed by atoms with E-state index in [9.17, 15) is 14.4 Å². The topological polar surface area (TPSA) is 82.8 Å². The molecule has 0 aliphatic rings. The Bertz CT molecular complexity index is 925. The number of esters is 1. The van der Waals surface area contributed by atoms with Crippen molar-refractivity contribution in [3.05, 3.63) is 39.2 Å². The summed E-state index contributed by atoms with van der Waals surface area (Å²) in [7, 11) is 0. The summed E-state index contributed by atoms with van der Waals surface area (Å²) in [6, 6.07) is 3.42. The van der Waals surface area contributed by atoms with E-state index in [2.05, 4.69) is 6.92 Å². The summed E-state index contributed by atoms with van der Waals surface area (Å²) >= 11 is 0. The third-order valence-electron chi connectivity index (χ3n) is 4.74. The van der Waals surface area contributed by atoms with E-state index in [0.29, 0.717) is 23.8 Å². The Balaban J connectivity index is 2.60. The van der Waals surface area contributed by atoms with E-state index in [1.54, 1.807) is 26.0 Å². The molecule has 6 nitrogen and oxygen atoms in total. The number of hydrogen-bond acceptors (Lipinski definition) is 6. The van der Waals surface area contributed by atoms with Crippen LogP contribution in [0.4, 0.5) is 0 Å². The lowest BCUT2D eigenvalue weighted by molar-refractivity contribution is -0.151. The lowest BCUT2D eigenvalue weighted by Gasteiger charge is -2.19. The highest BCUT2D eigenvalue weighted by Gasteiger charge is 2.25. The zero-order valence-electron chi connectivity index (χ0n) is 17.2. The monoisotopic (exact) mass is 388 g/mol. The van der Waals surface area contributed by atoms with Crippen molar-refractivity contribution in [1.29, 1.82) is 0 Å². The Morgan fingerprint density at radius 1 is 1.18 bits per heavy atom. The smallest absolute Gasteiger partial charge is 0.347 e. The third-order valence-corrected chi connectivity index (χ3v) is 4.74. The van der Waals surface area contributed by atoms with Gasteiger partial charge in [-0.2, -0.15) is 0 Å². The van der Waals surface area contributed by atoms with Crippen LogP contribution in [-0.2, 0) is 16.0 Å². The molecule has 0 saturated carbocycles.